The molecule has 1 aliphatic heterocycles. The van der Waals surface area contributed by atoms with Crippen LogP contribution < -0.4 is 5.32 Å². The third-order valence-corrected chi connectivity index (χ3v) is 4.85. The highest BCUT2D eigenvalue weighted by Gasteiger charge is 2.39. The molecule has 2 aromatic rings. The molecule has 0 spiro atoms. The van der Waals surface area contributed by atoms with Crippen molar-refractivity contribution in [3.63, 3.8) is 0 Å². The van der Waals surface area contributed by atoms with Crippen LogP contribution in [0.3, 0.4) is 0 Å². The molecule has 4 rings (SSSR count). The largest absolute Gasteiger partial charge is 0.478 e. The number of hydrogen-bond acceptors (Lipinski definition) is 2. The van der Waals surface area contributed by atoms with Crippen molar-refractivity contribution < 1.29 is 14.3 Å². The highest BCUT2D eigenvalue weighted by molar-refractivity contribution is 5.89. The van der Waals surface area contributed by atoms with Crippen molar-refractivity contribution in [2.75, 3.05) is 5.32 Å². The molecule has 3 nitrogen and oxygen atoms in total. The monoisotopic (exact) mass is 309 g/mol. The van der Waals surface area contributed by atoms with Crippen molar-refractivity contribution in [1.29, 1.82) is 0 Å². The molecule has 0 saturated heterocycles. The Balaban J connectivity index is 1.81. The highest BCUT2D eigenvalue weighted by atomic mass is 19.1. The maximum atomic E-state index is 14.2. The van der Waals surface area contributed by atoms with Gasteiger partial charge < -0.3 is 10.4 Å². The Morgan fingerprint density at radius 3 is 2.78 bits per heavy atom. The predicted molar refractivity (Wildman–Crippen MR) is 86.2 cm³/mol. The number of hydrogen-bond donors (Lipinski definition) is 2. The van der Waals surface area contributed by atoms with E-state index in [1.54, 1.807) is 24.3 Å². The molecule has 0 amide bonds. The lowest BCUT2D eigenvalue weighted by Crippen LogP contribution is -2.29. The van der Waals surface area contributed by atoms with Crippen molar-refractivity contribution in [2.45, 2.75) is 18.4 Å². The van der Waals surface area contributed by atoms with Crippen LogP contribution in [0.25, 0.3) is 0 Å². The fourth-order valence-electron chi connectivity index (χ4n) is 3.76. The van der Waals surface area contributed by atoms with Gasteiger partial charge in [0.15, 0.2) is 0 Å². The Hall–Kier alpha value is -2.62. The molecule has 0 aromatic heterocycles. The number of rotatable bonds is 2. The fourth-order valence-corrected chi connectivity index (χ4v) is 3.76. The molecule has 0 fully saturated rings. The Morgan fingerprint density at radius 1 is 1.17 bits per heavy atom. The second-order valence-electron chi connectivity index (χ2n) is 6.10. The molecule has 3 atom stereocenters. The minimum absolute atomic E-state index is 0.112. The van der Waals surface area contributed by atoms with E-state index in [-0.39, 0.29) is 29.3 Å². The van der Waals surface area contributed by atoms with E-state index in [4.69, 9.17) is 0 Å². The smallest absolute Gasteiger partial charge is 0.335 e. The Bertz CT molecular complexity index is 815. The minimum Gasteiger partial charge on any atom is -0.478 e. The van der Waals surface area contributed by atoms with Crippen LogP contribution in [0.2, 0.25) is 0 Å². The highest BCUT2D eigenvalue weighted by Crippen LogP contribution is 2.50. The van der Waals surface area contributed by atoms with E-state index in [1.807, 2.05) is 12.1 Å². The third kappa shape index (κ3) is 2.22. The number of halogens is 1. The summed E-state index contributed by atoms with van der Waals surface area (Å²) in [6.07, 6.45) is 5.07. The van der Waals surface area contributed by atoms with Crippen LogP contribution in [-0.4, -0.2) is 11.1 Å². The average Bonchev–Trinajstić information content (AvgIpc) is 3.04. The van der Waals surface area contributed by atoms with Crippen molar-refractivity contribution >= 4 is 11.7 Å². The van der Waals surface area contributed by atoms with E-state index in [9.17, 15) is 14.3 Å². The number of nitrogens with one attached hydrogen (secondary N) is 1. The molecule has 0 radical (unpaired) electrons. The Labute approximate surface area is 133 Å². The second kappa shape index (κ2) is 5.23. The first kappa shape index (κ1) is 14.0. The maximum Gasteiger partial charge on any atom is 0.335 e. The molecule has 1 aliphatic carbocycles. The second-order valence-corrected chi connectivity index (χ2v) is 6.10. The van der Waals surface area contributed by atoms with E-state index in [0.717, 1.165) is 17.7 Å². The number of fused-ring (bicyclic) bond motifs is 3. The Kier molecular flexibility index (Phi) is 3.18. The van der Waals surface area contributed by atoms with Gasteiger partial charge in [-0.1, -0.05) is 30.4 Å². The van der Waals surface area contributed by atoms with E-state index in [1.165, 1.54) is 6.07 Å². The first-order chi connectivity index (χ1) is 11.1. The number of allylic oxidation sites excluding steroid dienone is 2. The first-order valence-corrected chi connectivity index (χ1v) is 7.70. The van der Waals surface area contributed by atoms with Crippen LogP contribution in [0.15, 0.2) is 54.6 Å². The topological polar surface area (TPSA) is 49.3 Å². The molecule has 116 valence electrons. The summed E-state index contributed by atoms with van der Waals surface area (Å²) >= 11 is 0. The minimum atomic E-state index is -0.928. The number of carboxylic acids is 1. The summed E-state index contributed by atoms with van der Waals surface area (Å²) < 4.78 is 14.2. The maximum absolute atomic E-state index is 14.2. The number of benzene rings is 2. The van der Waals surface area contributed by atoms with Gasteiger partial charge in [-0.25, -0.2) is 9.18 Å². The van der Waals surface area contributed by atoms with Gasteiger partial charge in [-0.3, -0.25) is 0 Å². The molecule has 2 aromatic carbocycles. The SMILES string of the molecule is O=C(O)c1ccc2c(c1)[C@H]1C=CC[C@H]1[C@H](c1ccccc1F)N2. The molecule has 0 saturated carbocycles. The summed E-state index contributed by atoms with van der Waals surface area (Å²) in [6.45, 7) is 0. The summed E-state index contributed by atoms with van der Waals surface area (Å²) in [6, 6.07) is 11.8. The summed E-state index contributed by atoms with van der Waals surface area (Å²) in [5.74, 6) is -0.817. The van der Waals surface area contributed by atoms with E-state index < -0.39 is 5.97 Å². The molecule has 0 bridgehead atoms. The first-order valence-electron chi connectivity index (χ1n) is 7.70. The van der Waals surface area contributed by atoms with E-state index in [2.05, 4.69) is 17.5 Å². The lowest BCUT2D eigenvalue weighted by atomic mass is 9.76. The third-order valence-electron chi connectivity index (χ3n) is 4.85. The lowest BCUT2D eigenvalue weighted by molar-refractivity contribution is 0.0696. The normalized spacial score (nSPS) is 24.7. The van der Waals surface area contributed by atoms with Crippen molar-refractivity contribution in [3.8, 4) is 0 Å². The predicted octanol–water partition coefficient (Wildman–Crippen LogP) is 4.35. The molecule has 0 unspecified atom stereocenters. The van der Waals surface area contributed by atoms with Gasteiger partial charge >= 0.3 is 5.97 Å². The molecule has 2 aliphatic rings. The van der Waals surface area contributed by atoms with E-state index >= 15 is 0 Å². The average molecular weight is 309 g/mol. The summed E-state index contributed by atoms with van der Waals surface area (Å²) in [4.78, 5) is 11.2. The fraction of sp³-hybridized carbons (Fsp3) is 0.211. The van der Waals surface area contributed by atoms with Crippen LogP contribution in [0.5, 0.6) is 0 Å². The van der Waals surface area contributed by atoms with Gasteiger partial charge in [-0.05, 0) is 42.2 Å². The lowest BCUT2D eigenvalue weighted by Gasteiger charge is -2.37. The summed E-state index contributed by atoms with van der Waals surface area (Å²) in [7, 11) is 0. The zero-order chi connectivity index (χ0) is 16.0. The van der Waals surface area contributed by atoms with Gasteiger partial charge in [-0.2, -0.15) is 0 Å². The van der Waals surface area contributed by atoms with Crippen LogP contribution in [0.4, 0.5) is 10.1 Å². The zero-order valence-corrected chi connectivity index (χ0v) is 12.4. The number of anilines is 1. The van der Waals surface area contributed by atoms with Crippen LogP contribution in [-0.2, 0) is 0 Å². The molecular weight excluding hydrogens is 293 g/mol. The van der Waals surface area contributed by atoms with Gasteiger partial charge in [0.25, 0.3) is 0 Å². The number of carboxylic acid groups (broad SMARTS) is 1. The molecule has 23 heavy (non-hydrogen) atoms. The molecule has 4 heteroatoms. The summed E-state index contributed by atoms with van der Waals surface area (Å²) in [5.41, 5.74) is 2.82. The number of carbonyl (C=O) groups is 1. The Morgan fingerprint density at radius 2 is 2.00 bits per heavy atom. The van der Waals surface area contributed by atoms with Gasteiger partial charge in [0, 0.05) is 17.2 Å². The van der Waals surface area contributed by atoms with Crippen molar-refractivity contribution in [3.05, 3.63) is 77.1 Å². The van der Waals surface area contributed by atoms with Crippen LogP contribution >= 0.6 is 0 Å². The molecular formula is C19H16FNO2. The quantitative estimate of drug-likeness (QED) is 0.811. The zero-order valence-electron chi connectivity index (χ0n) is 12.4. The standard InChI is InChI=1S/C19H16FNO2/c20-16-7-2-1-4-14(16)18-13-6-3-5-12(13)15-10-11(19(22)23)8-9-17(15)21-18/h1-5,7-10,12-13,18,21H,6H2,(H,22,23)/t12-,13+,18+/m0/s1. The van der Waals surface area contributed by atoms with E-state index in [0.29, 0.717) is 5.56 Å². The van der Waals surface area contributed by atoms with Gasteiger partial charge in [0.1, 0.15) is 5.82 Å². The van der Waals surface area contributed by atoms with Crippen molar-refractivity contribution in [2.24, 2.45) is 5.92 Å². The molecule has 1 heterocycles. The number of aromatic carboxylic acids is 1. The van der Waals surface area contributed by atoms with Crippen LogP contribution in [0, 0.1) is 11.7 Å². The van der Waals surface area contributed by atoms with Crippen LogP contribution in [0.1, 0.15) is 39.9 Å². The molecule has 2 N–H and O–H groups in total. The van der Waals surface area contributed by atoms with Gasteiger partial charge in [0.05, 0.1) is 11.6 Å². The van der Waals surface area contributed by atoms with Gasteiger partial charge in [-0.15, -0.1) is 0 Å². The van der Waals surface area contributed by atoms with Crippen molar-refractivity contribution in [1.82, 2.24) is 0 Å². The van der Waals surface area contributed by atoms with Gasteiger partial charge in [0.2, 0.25) is 0 Å². The summed E-state index contributed by atoms with van der Waals surface area (Å²) in [5, 5.41) is 12.6.